The van der Waals surface area contributed by atoms with Gasteiger partial charge in [-0.2, -0.15) is 5.10 Å². The van der Waals surface area contributed by atoms with Crippen LogP contribution in [0.25, 0.3) is 10.9 Å². The number of fused-ring (bicyclic) bond motifs is 1. The van der Waals surface area contributed by atoms with E-state index < -0.39 is 0 Å². The van der Waals surface area contributed by atoms with Crippen molar-refractivity contribution in [2.75, 3.05) is 0 Å². The van der Waals surface area contributed by atoms with Crippen molar-refractivity contribution in [2.45, 2.75) is 32.6 Å². The number of para-hydroxylation sites is 1. The highest BCUT2D eigenvalue weighted by molar-refractivity contribution is 6.07. The van der Waals surface area contributed by atoms with Crippen molar-refractivity contribution in [2.24, 2.45) is 5.10 Å². The Kier molecular flexibility index (Phi) is 4.25. The van der Waals surface area contributed by atoms with Crippen LogP contribution in [-0.4, -0.2) is 16.6 Å². The van der Waals surface area contributed by atoms with Crippen LogP contribution in [-0.2, 0) is 0 Å². The lowest BCUT2D eigenvalue weighted by atomic mass is 10.1. The van der Waals surface area contributed by atoms with E-state index in [1.807, 2.05) is 68.4 Å². The number of hydrogen-bond acceptors (Lipinski definition) is 3. The summed E-state index contributed by atoms with van der Waals surface area (Å²) >= 11 is 0. The molecule has 0 spiro atoms. The molecular formula is C22H21N3O. The number of aryl methyl sites for hydroxylation is 1. The van der Waals surface area contributed by atoms with Crippen LogP contribution >= 0.6 is 0 Å². The number of amides is 1. The van der Waals surface area contributed by atoms with Gasteiger partial charge in [-0.05, 0) is 44.4 Å². The first-order valence-electron chi connectivity index (χ1n) is 8.93. The number of benzene rings is 2. The molecule has 0 atom stereocenters. The highest BCUT2D eigenvalue weighted by atomic mass is 16.2. The Labute approximate surface area is 153 Å². The van der Waals surface area contributed by atoms with Crippen molar-refractivity contribution in [3.05, 3.63) is 77.0 Å². The molecule has 0 unspecified atom stereocenters. The Morgan fingerprint density at radius 1 is 1.12 bits per heavy atom. The number of carbonyl (C=O) groups is 1. The summed E-state index contributed by atoms with van der Waals surface area (Å²) in [4.78, 5) is 17.5. The maximum atomic E-state index is 12.8. The fourth-order valence-corrected chi connectivity index (χ4v) is 3.03. The average molecular weight is 343 g/mol. The minimum atomic E-state index is -0.197. The van der Waals surface area contributed by atoms with Gasteiger partial charge < -0.3 is 0 Å². The van der Waals surface area contributed by atoms with Gasteiger partial charge in [-0.25, -0.2) is 5.43 Å². The first-order chi connectivity index (χ1) is 12.6. The number of rotatable bonds is 4. The molecule has 4 rings (SSSR count). The van der Waals surface area contributed by atoms with E-state index in [0.717, 1.165) is 40.7 Å². The summed E-state index contributed by atoms with van der Waals surface area (Å²) in [5.74, 6) is 0.293. The number of nitrogens with zero attached hydrogens (tertiary/aromatic N) is 2. The van der Waals surface area contributed by atoms with Gasteiger partial charge in [-0.3, -0.25) is 9.78 Å². The Morgan fingerprint density at radius 3 is 2.58 bits per heavy atom. The van der Waals surface area contributed by atoms with Crippen LogP contribution in [0.3, 0.4) is 0 Å². The van der Waals surface area contributed by atoms with Gasteiger partial charge in [0, 0.05) is 17.0 Å². The van der Waals surface area contributed by atoms with E-state index in [0.29, 0.717) is 11.5 Å². The van der Waals surface area contributed by atoms with E-state index in [1.165, 1.54) is 5.56 Å². The molecule has 130 valence electrons. The highest BCUT2D eigenvalue weighted by Gasteiger charge is 2.26. The predicted molar refractivity (Wildman–Crippen MR) is 105 cm³/mol. The lowest BCUT2D eigenvalue weighted by Crippen LogP contribution is -2.20. The van der Waals surface area contributed by atoms with Crippen molar-refractivity contribution >= 4 is 22.5 Å². The monoisotopic (exact) mass is 343 g/mol. The largest absolute Gasteiger partial charge is 0.272 e. The van der Waals surface area contributed by atoms with E-state index in [4.69, 9.17) is 4.98 Å². The summed E-state index contributed by atoms with van der Waals surface area (Å²) in [6, 6.07) is 17.8. The standard InChI is InChI=1S/C22H21N3O/c1-14-7-9-16(10-8-14)15(2)24-25-22(26)19-13-21(17-11-12-17)23-20-6-4-3-5-18(19)20/h3-10,13,17H,11-12H2,1-2H3,(H,25,26). The SMILES string of the molecule is CC(=NNC(=O)c1cc(C2CC2)nc2ccccc12)c1ccc(C)cc1. The molecule has 1 aliphatic rings. The number of nitrogens with one attached hydrogen (secondary N) is 1. The summed E-state index contributed by atoms with van der Waals surface area (Å²) in [5, 5.41) is 5.15. The molecule has 0 saturated heterocycles. The van der Waals surface area contributed by atoms with Gasteiger partial charge in [-0.15, -0.1) is 0 Å². The van der Waals surface area contributed by atoms with Crippen molar-refractivity contribution in [1.82, 2.24) is 10.4 Å². The van der Waals surface area contributed by atoms with E-state index in [2.05, 4.69) is 10.5 Å². The molecule has 1 fully saturated rings. The second kappa shape index (κ2) is 6.71. The van der Waals surface area contributed by atoms with Gasteiger partial charge in [0.15, 0.2) is 0 Å². The van der Waals surface area contributed by atoms with Crippen LogP contribution in [0, 0.1) is 6.92 Å². The highest BCUT2D eigenvalue weighted by Crippen LogP contribution is 2.40. The predicted octanol–water partition coefficient (Wildman–Crippen LogP) is 4.57. The molecule has 1 heterocycles. The Balaban J connectivity index is 1.63. The Bertz CT molecular complexity index is 1000. The quantitative estimate of drug-likeness (QED) is 0.557. The van der Waals surface area contributed by atoms with Gasteiger partial charge in [0.2, 0.25) is 0 Å². The molecule has 4 heteroatoms. The first kappa shape index (κ1) is 16.5. The summed E-state index contributed by atoms with van der Waals surface area (Å²) < 4.78 is 0. The normalized spacial score (nSPS) is 14.5. The first-order valence-corrected chi connectivity index (χ1v) is 8.93. The second-order valence-electron chi connectivity index (χ2n) is 6.89. The lowest BCUT2D eigenvalue weighted by Gasteiger charge is -2.09. The molecule has 3 aromatic rings. The minimum absolute atomic E-state index is 0.197. The molecule has 1 N–H and O–H groups in total. The zero-order valence-electron chi connectivity index (χ0n) is 15.0. The molecule has 1 aromatic heterocycles. The van der Waals surface area contributed by atoms with Crippen molar-refractivity contribution in [1.29, 1.82) is 0 Å². The van der Waals surface area contributed by atoms with Crippen LogP contribution in [0.5, 0.6) is 0 Å². The third-order valence-electron chi connectivity index (χ3n) is 4.77. The number of hydrazone groups is 1. The fraction of sp³-hybridized carbons (Fsp3) is 0.227. The van der Waals surface area contributed by atoms with E-state index >= 15 is 0 Å². The molecule has 26 heavy (non-hydrogen) atoms. The van der Waals surface area contributed by atoms with Gasteiger partial charge in [0.1, 0.15) is 0 Å². The number of carbonyl (C=O) groups excluding carboxylic acids is 1. The molecule has 0 radical (unpaired) electrons. The van der Waals surface area contributed by atoms with Crippen LogP contribution in [0.15, 0.2) is 59.7 Å². The molecule has 1 amide bonds. The zero-order chi connectivity index (χ0) is 18.1. The Morgan fingerprint density at radius 2 is 1.85 bits per heavy atom. The molecule has 0 bridgehead atoms. The van der Waals surface area contributed by atoms with Crippen molar-refractivity contribution < 1.29 is 4.79 Å². The summed E-state index contributed by atoms with van der Waals surface area (Å²) in [7, 11) is 0. The van der Waals surface area contributed by atoms with Crippen molar-refractivity contribution in [3.8, 4) is 0 Å². The van der Waals surface area contributed by atoms with Crippen LogP contribution in [0.1, 0.15) is 52.9 Å². The van der Waals surface area contributed by atoms with E-state index in [1.54, 1.807) is 0 Å². The smallest absolute Gasteiger partial charge is 0.267 e. The average Bonchev–Trinajstić information content (AvgIpc) is 3.51. The van der Waals surface area contributed by atoms with E-state index in [-0.39, 0.29) is 5.91 Å². The molecule has 0 aliphatic heterocycles. The molecule has 1 aliphatic carbocycles. The van der Waals surface area contributed by atoms with Gasteiger partial charge in [0.25, 0.3) is 5.91 Å². The molecular weight excluding hydrogens is 322 g/mol. The van der Waals surface area contributed by atoms with Crippen molar-refractivity contribution in [3.63, 3.8) is 0 Å². The number of hydrogen-bond donors (Lipinski definition) is 1. The third kappa shape index (κ3) is 3.36. The van der Waals surface area contributed by atoms with Crippen LogP contribution in [0.4, 0.5) is 0 Å². The summed E-state index contributed by atoms with van der Waals surface area (Å²) in [5.41, 5.74) is 8.19. The van der Waals surface area contributed by atoms with E-state index in [9.17, 15) is 4.79 Å². The van der Waals surface area contributed by atoms with Crippen LogP contribution in [0.2, 0.25) is 0 Å². The van der Waals surface area contributed by atoms with Gasteiger partial charge >= 0.3 is 0 Å². The maximum Gasteiger partial charge on any atom is 0.272 e. The number of aromatic nitrogens is 1. The van der Waals surface area contributed by atoms with Crippen LogP contribution < -0.4 is 5.43 Å². The van der Waals surface area contributed by atoms with Gasteiger partial charge in [-0.1, -0.05) is 48.0 Å². The fourth-order valence-electron chi connectivity index (χ4n) is 3.03. The minimum Gasteiger partial charge on any atom is -0.267 e. The molecule has 4 nitrogen and oxygen atoms in total. The summed E-state index contributed by atoms with van der Waals surface area (Å²) in [6.07, 6.45) is 2.30. The zero-order valence-corrected chi connectivity index (χ0v) is 15.0. The molecule has 2 aromatic carbocycles. The third-order valence-corrected chi connectivity index (χ3v) is 4.77. The van der Waals surface area contributed by atoms with Gasteiger partial charge in [0.05, 0.1) is 16.8 Å². The second-order valence-corrected chi connectivity index (χ2v) is 6.89. The molecule has 1 saturated carbocycles. The Hall–Kier alpha value is -3.01. The summed E-state index contributed by atoms with van der Waals surface area (Å²) in [6.45, 7) is 3.94. The number of pyridine rings is 1. The maximum absolute atomic E-state index is 12.8. The topological polar surface area (TPSA) is 54.4 Å². The lowest BCUT2D eigenvalue weighted by molar-refractivity contribution is 0.0956.